The van der Waals surface area contributed by atoms with Gasteiger partial charge < -0.3 is 4.74 Å². The molecule has 4 rings (SSSR count). The topological polar surface area (TPSA) is 57.0 Å². The molecule has 0 aliphatic heterocycles. The Morgan fingerprint density at radius 3 is 2.24 bits per heavy atom. The average molecular weight is 445 g/mol. The minimum absolute atomic E-state index is 0.0437. The summed E-state index contributed by atoms with van der Waals surface area (Å²) in [6.07, 6.45) is 0. The first kappa shape index (κ1) is 19.5. The van der Waals surface area contributed by atoms with Crippen molar-refractivity contribution in [3.8, 4) is 22.7 Å². The third-order valence-electron chi connectivity index (χ3n) is 4.07. The van der Waals surface area contributed by atoms with Crippen LogP contribution < -0.4 is 4.74 Å². The molecule has 0 saturated heterocycles. The van der Waals surface area contributed by atoms with Gasteiger partial charge in [0.25, 0.3) is 0 Å². The van der Waals surface area contributed by atoms with Crippen molar-refractivity contribution in [2.75, 3.05) is 0 Å². The van der Waals surface area contributed by atoms with Crippen LogP contribution in [0.3, 0.4) is 0 Å². The van der Waals surface area contributed by atoms with Crippen LogP contribution in [-0.2, 0) is 0 Å². The van der Waals surface area contributed by atoms with Gasteiger partial charge in [-0.1, -0.05) is 70.3 Å². The van der Waals surface area contributed by atoms with E-state index in [0.29, 0.717) is 37.8 Å². The molecular formula is C21H12Cl3N3O2. The van der Waals surface area contributed by atoms with Crippen molar-refractivity contribution in [2.24, 2.45) is 0 Å². The largest absolute Gasteiger partial charge is 0.422 e. The van der Waals surface area contributed by atoms with Crippen molar-refractivity contribution in [3.63, 3.8) is 0 Å². The van der Waals surface area contributed by atoms with E-state index in [9.17, 15) is 4.79 Å². The second-order valence-electron chi connectivity index (χ2n) is 6.00. The molecule has 5 nitrogen and oxygen atoms in total. The third kappa shape index (κ3) is 4.12. The summed E-state index contributed by atoms with van der Waals surface area (Å²) in [5.74, 6) is -0.240. The number of carbonyl (C=O) groups is 1. The molecule has 1 heterocycles. The minimum atomic E-state index is -0.641. The van der Waals surface area contributed by atoms with E-state index >= 15 is 0 Å². The highest BCUT2D eigenvalue weighted by atomic mass is 35.5. The number of carbonyl (C=O) groups excluding carboxylic acids is 1. The lowest BCUT2D eigenvalue weighted by atomic mass is 10.1. The summed E-state index contributed by atoms with van der Waals surface area (Å²) in [4.78, 5) is 12.8. The van der Waals surface area contributed by atoms with E-state index < -0.39 is 5.97 Å². The van der Waals surface area contributed by atoms with Crippen molar-refractivity contribution < 1.29 is 9.53 Å². The fraction of sp³-hybridized carbons (Fsp3) is 0. The quantitative estimate of drug-likeness (QED) is 0.281. The number of halogens is 3. The molecule has 3 aromatic carbocycles. The molecule has 0 fully saturated rings. The number of esters is 1. The Labute approximate surface area is 181 Å². The zero-order valence-corrected chi connectivity index (χ0v) is 17.0. The van der Waals surface area contributed by atoms with E-state index in [0.717, 1.165) is 0 Å². The summed E-state index contributed by atoms with van der Waals surface area (Å²) in [5, 5.41) is 9.61. The van der Waals surface area contributed by atoms with Gasteiger partial charge in [0.05, 0.1) is 10.7 Å². The standard InChI is InChI=1S/C21H12Cl3N3O2/c22-14-8-6-13(7-9-14)20-19(21(28)29-16-4-2-1-3-5-16)25-26-27(20)18-11-10-15(23)12-17(18)24/h1-12H. The van der Waals surface area contributed by atoms with Crippen molar-refractivity contribution in [2.45, 2.75) is 0 Å². The lowest BCUT2D eigenvalue weighted by Gasteiger charge is -2.10. The average Bonchev–Trinajstić information content (AvgIpc) is 3.14. The first-order valence-electron chi connectivity index (χ1n) is 8.47. The first-order valence-corrected chi connectivity index (χ1v) is 9.60. The smallest absolute Gasteiger partial charge is 0.366 e. The molecule has 0 aliphatic rings. The molecule has 0 radical (unpaired) electrons. The van der Waals surface area contributed by atoms with Crippen molar-refractivity contribution in [1.29, 1.82) is 0 Å². The molecule has 0 bridgehead atoms. The SMILES string of the molecule is O=C(Oc1ccccc1)c1nnn(-c2ccc(Cl)cc2Cl)c1-c1ccc(Cl)cc1. The van der Waals surface area contributed by atoms with Gasteiger partial charge in [-0.3, -0.25) is 0 Å². The number of benzene rings is 3. The Morgan fingerprint density at radius 2 is 1.55 bits per heavy atom. The lowest BCUT2D eigenvalue weighted by molar-refractivity contribution is 0.0729. The summed E-state index contributed by atoms with van der Waals surface area (Å²) in [6, 6.07) is 20.7. The zero-order chi connectivity index (χ0) is 20.4. The summed E-state index contributed by atoms with van der Waals surface area (Å²) in [6.45, 7) is 0. The van der Waals surface area contributed by atoms with Gasteiger partial charge in [0.2, 0.25) is 0 Å². The number of rotatable bonds is 4. The molecule has 4 aromatic rings. The van der Waals surface area contributed by atoms with Gasteiger partial charge in [-0.2, -0.15) is 0 Å². The number of para-hydroxylation sites is 1. The van der Waals surface area contributed by atoms with Crippen LogP contribution in [0.25, 0.3) is 16.9 Å². The summed E-state index contributed by atoms with van der Waals surface area (Å²) >= 11 is 18.4. The monoisotopic (exact) mass is 443 g/mol. The summed E-state index contributed by atoms with van der Waals surface area (Å²) < 4.78 is 6.93. The molecule has 0 amide bonds. The van der Waals surface area contributed by atoms with E-state index in [1.165, 1.54) is 4.68 Å². The number of hydrogen-bond donors (Lipinski definition) is 0. The number of nitrogens with zero attached hydrogens (tertiary/aromatic N) is 3. The highest BCUT2D eigenvalue weighted by Crippen LogP contribution is 2.31. The van der Waals surface area contributed by atoms with Crippen LogP contribution in [0.5, 0.6) is 5.75 Å². The van der Waals surface area contributed by atoms with Gasteiger partial charge >= 0.3 is 5.97 Å². The van der Waals surface area contributed by atoms with Crippen LogP contribution in [0.2, 0.25) is 15.1 Å². The molecule has 1 aromatic heterocycles. The first-order chi connectivity index (χ1) is 14.0. The molecule has 0 N–H and O–H groups in total. The summed E-state index contributed by atoms with van der Waals surface area (Å²) in [5.41, 5.74) is 1.66. The van der Waals surface area contributed by atoms with Gasteiger partial charge in [-0.25, -0.2) is 9.48 Å². The highest BCUT2D eigenvalue weighted by molar-refractivity contribution is 6.35. The van der Waals surface area contributed by atoms with Gasteiger partial charge in [0.1, 0.15) is 11.4 Å². The van der Waals surface area contributed by atoms with Crippen LogP contribution in [0, 0.1) is 0 Å². The normalized spacial score (nSPS) is 10.7. The fourth-order valence-electron chi connectivity index (χ4n) is 2.75. The van der Waals surface area contributed by atoms with E-state index in [2.05, 4.69) is 10.3 Å². The molecule has 0 saturated carbocycles. The zero-order valence-electron chi connectivity index (χ0n) is 14.7. The molecular weight excluding hydrogens is 433 g/mol. The number of ether oxygens (including phenoxy) is 1. The Kier molecular flexibility index (Phi) is 5.53. The van der Waals surface area contributed by atoms with E-state index in [-0.39, 0.29) is 5.69 Å². The highest BCUT2D eigenvalue weighted by Gasteiger charge is 2.25. The second-order valence-corrected chi connectivity index (χ2v) is 7.28. The molecule has 0 spiro atoms. The van der Waals surface area contributed by atoms with E-state index in [1.54, 1.807) is 66.7 Å². The van der Waals surface area contributed by atoms with Crippen molar-refractivity contribution in [3.05, 3.63) is 93.6 Å². The van der Waals surface area contributed by atoms with Crippen LogP contribution in [0.15, 0.2) is 72.8 Å². The molecule has 29 heavy (non-hydrogen) atoms. The molecule has 0 atom stereocenters. The van der Waals surface area contributed by atoms with Crippen LogP contribution in [-0.4, -0.2) is 21.0 Å². The van der Waals surface area contributed by atoms with Crippen LogP contribution in [0.1, 0.15) is 10.5 Å². The molecule has 8 heteroatoms. The maximum Gasteiger partial charge on any atom is 0.366 e. The predicted molar refractivity (Wildman–Crippen MR) is 113 cm³/mol. The van der Waals surface area contributed by atoms with Gasteiger partial charge in [-0.05, 0) is 42.5 Å². The second kappa shape index (κ2) is 8.25. The van der Waals surface area contributed by atoms with Crippen molar-refractivity contribution >= 4 is 40.8 Å². The Bertz CT molecular complexity index is 1180. The molecule has 144 valence electrons. The number of aromatic nitrogens is 3. The number of hydrogen-bond acceptors (Lipinski definition) is 4. The maximum atomic E-state index is 12.8. The molecule has 0 aliphatic carbocycles. The van der Waals surface area contributed by atoms with Crippen LogP contribution >= 0.6 is 34.8 Å². The minimum Gasteiger partial charge on any atom is -0.422 e. The Hall–Kier alpha value is -2.86. The van der Waals surface area contributed by atoms with Gasteiger partial charge in [0.15, 0.2) is 5.69 Å². The van der Waals surface area contributed by atoms with Gasteiger partial charge in [-0.15, -0.1) is 5.10 Å². The van der Waals surface area contributed by atoms with E-state index in [1.807, 2.05) is 6.07 Å². The van der Waals surface area contributed by atoms with E-state index in [4.69, 9.17) is 39.5 Å². The lowest BCUT2D eigenvalue weighted by Crippen LogP contribution is -2.11. The molecule has 0 unspecified atom stereocenters. The maximum absolute atomic E-state index is 12.8. The predicted octanol–water partition coefficient (Wildman–Crippen LogP) is 6.11. The fourth-order valence-corrected chi connectivity index (χ4v) is 3.37. The van der Waals surface area contributed by atoms with Crippen LogP contribution in [0.4, 0.5) is 0 Å². The van der Waals surface area contributed by atoms with Crippen molar-refractivity contribution in [1.82, 2.24) is 15.0 Å². The Balaban J connectivity index is 1.84. The summed E-state index contributed by atoms with van der Waals surface area (Å²) in [7, 11) is 0. The van der Waals surface area contributed by atoms with Gasteiger partial charge in [0, 0.05) is 15.6 Å². The third-order valence-corrected chi connectivity index (χ3v) is 4.86. The Morgan fingerprint density at radius 1 is 0.862 bits per heavy atom.